The van der Waals surface area contributed by atoms with Crippen molar-refractivity contribution < 1.29 is 21.6 Å². The van der Waals surface area contributed by atoms with Crippen LogP contribution in [0.4, 0.5) is 13.2 Å². The molecule has 2 aromatic heterocycles. The van der Waals surface area contributed by atoms with Gasteiger partial charge < -0.3 is 0 Å². The number of rotatable bonds is 7. The van der Waals surface area contributed by atoms with E-state index in [0.29, 0.717) is 4.68 Å². The number of hydrogen-bond acceptors (Lipinski definition) is 4. The van der Waals surface area contributed by atoms with Crippen LogP contribution in [0.25, 0.3) is 0 Å². The molecular weight excluding hydrogens is 357 g/mol. The molecule has 0 saturated heterocycles. The van der Waals surface area contributed by atoms with Gasteiger partial charge in [-0.3, -0.25) is 9.67 Å². The number of sulfonamides is 1. The average Bonchev–Trinajstić information content (AvgIpc) is 2.95. The maximum Gasteiger partial charge on any atom is 0.408 e. The highest BCUT2D eigenvalue weighted by Gasteiger charge is 2.29. The SMILES string of the molecule is CC(C)C(CNS(=O)(=O)c1cnn(CC(F)(F)F)c1)c1cccnc1. The average molecular weight is 376 g/mol. The van der Waals surface area contributed by atoms with E-state index < -0.39 is 22.7 Å². The molecular formula is C15H19F3N4O2S. The van der Waals surface area contributed by atoms with E-state index in [-0.39, 0.29) is 23.3 Å². The lowest BCUT2D eigenvalue weighted by molar-refractivity contribution is -0.142. The van der Waals surface area contributed by atoms with Crippen molar-refractivity contribution in [1.82, 2.24) is 19.5 Å². The zero-order valence-corrected chi connectivity index (χ0v) is 14.5. The summed E-state index contributed by atoms with van der Waals surface area (Å²) in [6, 6.07) is 3.62. The fourth-order valence-electron chi connectivity index (χ4n) is 2.37. The van der Waals surface area contributed by atoms with Crippen molar-refractivity contribution in [3.8, 4) is 0 Å². The summed E-state index contributed by atoms with van der Waals surface area (Å²) in [4.78, 5) is 3.73. The molecule has 138 valence electrons. The smallest absolute Gasteiger partial charge is 0.264 e. The van der Waals surface area contributed by atoms with Crippen LogP contribution in [0.15, 0.2) is 41.8 Å². The van der Waals surface area contributed by atoms with E-state index in [1.165, 1.54) is 0 Å². The van der Waals surface area contributed by atoms with Gasteiger partial charge >= 0.3 is 6.18 Å². The molecule has 6 nitrogen and oxygen atoms in total. The zero-order chi connectivity index (χ0) is 18.7. The Morgan fingerprint density at radius 3 is 2.56 bits per heavy atom. The fraction of sp³-hybridized carbons (Fsp3) is 0.467. The van der Waals surface area contributed by atoms with E-state index in [1.54, 1.807) is 18.5 Å². The second-order valence-electron chi connectivity index (χ2n) is 5.98. The molecule has 0 aromatic carbocycles. The van der Waals surface area contributed by atoms with E-state index >= 15 is 0 Å². The molecule has 0 spiro atoms. The highest BCUT2D eigenvalue weighted by atomic mass is 32.2. The number of halogens is 3. The molecule has 10 heteroatoms. The quantitative estimate of drug-likeness (QED) is 0.806. The van der Waals surface area contributed by atoms with Crippen LogP contribution in [0.2, 0.25) is 0 Å². The molecule has 0 fully saturated rings. The third-order valence-corrected chi connectivity index (χ3v) is 5.05. The number of nitrogens with one attached hydrogen (secondary N) is 1. The number of hydrogen-bond donors (Lipinski definition) is 1. The molecule has 0 bridgehead atoms. The Balaban J connectivity index is 2.10. The number of alkyl halides is 3. The number of aromatic nitrogens is 3. The second kappa shape index (κ2) is 7.52. The summed E-state index contributed by atoms with van der Waals surface area (Å²) in [6.45, 7) is 2.67. The molecule has 1 unspecified atom stereocenters. The lowest BCUT2D eigenvalue weighted by Gasteiger charge is -2.21. The Morgan fingerprint density at radius 2 is 2.00 bits per heavy atom. The Bertz CT molecular complexity index is 789. The fourth-order valence-corrected chi connectivity index (χ4v) is 3.38. The van der Waals surface area contributed by atoms with E-state index in [9.17, 15) is 21.6 Å². The van der Waals surface area contributed by atoms with Crippen molar-refractivity contribution in [2.24, 2.45) is 5.92 Å². The van der Waals surface area contributed by atoms with Gasteiger partial charge in [-0.25, -0.2) is 13.1 Å². The molecule has 0 aliphatic rings. The molecule has 2 rings (SSSR count). The Morgan fingerprint density at radius 1 is 1.28 bits per heavy atom. The Kier molecular flexibility index (Phi) is 5.83. The molecule has 0 saturated carbocycles. The van der Waals surface area contributed by atoms with E-state index in [0.717, 1.165) is 18.0 Å². The minimum atomic E-state index is -4.47. The first kappa shape index (κ1) is 19.4. The van der Waals surface area contributed by atoms with Crippen molar-refractivity contribution in [1.29, 1.82) is 0 Å². The van der Waals surface area contributed by atoms with Crippen LogP contribution in [-0.2, 0) is 16.6 Å². The normalized spacial score (nSPS) is 14.0. The molecule has 2 aromatic rings. The van der Waals surface area contributed by atoms with Crippen LogP contribution in [0.5, 0.6) is 0 Å². The predicted octanol–water partition coefficient (Wildman–Crippen LogP) is 2.56. The van der Waals surface area contributed by atoms with E-state index in [4.69, 9.17) is 0 Å². The molecule has 0 radical (unpaired) electrons. The van der Waals surface area contributed by atoms with Crippen LogP contribution in [0.1, 0.15) is 25.3 Å². The summed E-state index contributed by atoms with van der Waals surface area (Å²) in [5.74, 6) is 0.0218. The van der Waals surface area contributed by atoms with Gasteiger partial charge in [-0.2, -0.15) is 18.3 Å². The molecule has 1 atom stereocenters. The highest BCUT2D eigenvalue weighted by Crippen LogP contribution is 2.24. The van der Waals surface area contributed by atoms with E-state index in [2.05, 4.69) is 14.8 Å². The molecule has 0 aliphatic heterocycles. The second-order valence-corrected chi connectivity index (χ2v) is 7.74. The van der Waals surface area contributed by atoms with Gasteiger partial charge in [-0.15, -0.1) is 0 Å². The van der Waals surface area contributed by atoms with Crippen molar-refractivity contribution in [3.63, 3.8) is 0 Å². The van der Waals surface area contributed by atoms with Crippen LogP contribution in [0, 0.1) is 5.92 Å². The third kappa shape index (κ3) is 5.53. The summed E-state index contributed by atoms with van der Waals surface area (Å²) in [5, 5.41) is 3.46. The van der Waals surface area contributed by atoms with Crippen molar-refractivity contribution in [3.05, 3.63) is 42.5 Å². The minimum Gasteiger partial charge on any atom is -0.264 e. The first-order valence-corrected chi connectivity index (χ1v) is 9.05. The summed E-state index contributed by atoms with van der Waals surface area (Å²) < 4.78 is 64.6. The van der Waals surface area contributed by atoms with Gasteiger partial charge in [0.25, 0.3) is 0 Å². The van der Waals surface area contributed by atoms with Gasteiger partial charge in [0.15, 0.2) is 0 Å². The summed E-state index contributed by atoms with van der Waals surface area (Å²) in [5.41, 5.74) is 0.882. The molecule has 0 amide bonds. The first-order valence-electron chi connectivity index (χ1n) is 7.57. The largest absolute Gasteiger partial charge is 0.408 e. The first-order chi connectivity index (χ1) is 11.6. The maximum atomic E-state index is 12.3. The zero-order valence-electron chi connectivity index (χ0n) is 13.7. The maximum absolute atomic E-state index is 12.3. The lowest BCUT2D eigenvalue weighted by atomic mass is 9.90. The van der Waals surface area contributed by atoms with Gasteiger partial charge in [0.2, 0.25) is 10.0 Å². The van der Waals surface area contributed by atoms with Crippen LogP contribution in [0.3, 0.4) is 0 Å². The van der Waals surface area contributed by atoms with Gasteiger partial charge in [-0.05, 0) is 17.5 Å². The minimum absolute atomic E-state index is 0.107. The Labute approximate surface area is 144 Å². The molecule has 2 heterocycles. The Hall–Kier alpha value is -1.94. The lowest BCUT2D eigenvalue weighted by Crippen LogP contribution is -2.30. The van der Waals surface area contributed by atoms with Gasteiger partial charge in [0.1, 0.15) is 11.4 Å². The van der Waals surface area contributed by atoms with Gasteiger partial charge in [0.05, 0.1) is 6.20 Å². The van der Waals surface area contributed by atoms with Crippen LogP contribution >= 0.6 is 0 Å². The van der Waals surface area contributed by atoms with Crippen molar-refractivity contribution in [2.45, 2.75) is 37.4 Å². The van der Waals surface area contributed by atoms with Crippen LogP contribution < -0.4 is 4.72 Å². The van der Waals surface area contributed by atoms with Gasteiger partial charge in [0, 0.05) is 31.1 Å². The van der Waals surface area contributed by atoms with Gasteiger partial charge in [-0.1, -0.05) is 19.9 Å². The topological polar surface area (TPSA) is 76.9 Å². The number of pyridine rings is 1. The summed E-state index contributed by atoms with van der Waals surface area (Å²) in [6.07, 6.45) is 0.594. The van der Waals surface area contributed by atoms with E-state index in [1.807, 2.05) is 19.9 Å². The molecule has 0 aliphatic carbocycles. The standard InChI is InChI=1S/C15H19F3N4O2S/c1-11(2)14(12-4-3-5-19-6-12)8-21-25(23,24)13-7-20-22(9-13)10-15(16,17)18/h3-7,9,11,14,21H,8,10H2,1-2H3. The molecule has 25 heavy (non-hydrogen) atoms. The summed E-state index contributed by atoms with van der Waals surface area (Å²) in [7, 11) is -3.95. The van der Waals surface area contributed by atoms with Crippen molar-refractivity contribution in [2.75, 3.05) is 6.54 Å². The monoisotopic (exact) mass is 376 g/mol. The van der Waals surface area contributed by atoms with Crippen molar-refractivity contribution >= 4 is 10.0 Å². The van der Waals surface area contributed by atoms with Crippen LogP contribution in [-0.4, -0.2) is 35.9 Å². The third-order valence-electron chi connectivity index (χ3n) is 3.67. The highest BCUT2D eigenvalue weighted by molar-refractivity contribution is 7.89. The summed E-state index contributed by atoms with van der Waals surface area (Å²) >= 11 is 0. The molecule has 1 N–H and O–H groups in total. The number of nitrogens with zero attached hydrogens (tertiary/aromatic N) is 3. The predicted molar refractivity (Wildman–Crippen MR) is 85.3 cm³/mol.